The molecule has 0 saturated carbocycles. The van der Waals surface area contributed by atoms with Gasteiger partial charge >= 0.3 is 0 Å². The van der Waals surface area contributed by atoms with Crippen molar-refractivity contribution in [3.05, 3.63) is 53.8 Å². The minimum Gasteiger partial charge on any atom is -0.270 e. The van der Waals surface area contributed by atoms with Crippen LogP contribution in [-0.2, 0) is 10.0 Å². The summed E-state index contributed by atoms with van der Waals surface area (Å²) in [6, 6.07) is 7.07. The molecule has 2 aliphatic rings. The second-order valence-electron chi connectivity index (χ2n) is 5.08. The van der Waals surface area contributed by atoms with Crippen molar-refractivity contribution in [1.29, 1.82) is 0 Å². The van der Waals surface area contributed by atoms with Gasteiger partial charge in [-0.2, -0.15) is 0 Å². The van der Waals surface area contributed by atoms with Crippen LogP contribution in [0.2, 0.25) is 0 Å². The standard InChI is InChI=1S/C15H17NO2S/c1-12-6-8-14(9-7-12)19(17,18)16-11-10-13-4-2-3-5-15(13)16/h2,4-9,13H,3,10-11H2,1H3. The molecule has 1 unspecified atom stereocenters. The van der Waals surface area contributed by atoms with Gasteiger partial charge in [-0.05, 0) is 31.9 Å². The molecule has 4 heteroatoms. The zero-order chi connectivity index (χ0) is 13.5. The van der Waals surface area contributed by atoms with E-state index < -0.39 is 10.0 Å². The molecule has 1 aromatic rings. The fourth-order valence-corrected chi connectivity index (χ4v) is 4.26. The Kier molecular flexibility index (Phi) is 2.97. The second kappa shape index (κ2) is 4.53. The zero-order valence-electron chi connectivity index (χ0n) is 10.9. The van der Waals surface area contributed by atoms with Gasteiger partial charge in [-0.25, -0.2) is 8.42 Å². The maximum atomic E-state index is 12.7. The SMILES string of the molecule is Cc1ccc(S(=O)(=O)N2CCC3C=CCC=C32)cc1. The molecule has 1 saturated heterocycles. The molecule has 1 aliphatic carbocycles. The van der Waals surface area contributed by atoms with E-state index in [-0.39, 0.29) is 5.92 Å². The van der Waals surface area contributed by atoms with Crippen molar-refractivity contribution in [2.24, 2.45) is 5.92 Å². The van der Waals surface area contributed by atoms with E-state index in [2.05, 4.69) is 12.2 Å². The summed E-state index contributed by atoms with van der Waals surface area (Å²) < 4.78 is 26.9. The van der Waals surface area contributed by atoms with Gasteiger partial charge in [-0.3, -0.25) is 4.31 Å². The maximum Gasteiger partial charge on any atom is 0.264 e. The number of rotatable bonds is 2. The lowest BCUT2D eigenvalue weighted by Crippen LogP contribution is -2.27. The number of allylic oxidation sites excluding steroid dienone is 3. The summed E-state index contributed by atoms with van der Waals surface area (Å²) in [5, 5.41) is 0. The molecule has 0 radical (unpaired) electrons. The van der Waals surface area contributed by atoms with Gasteiger partial charge in [0.15, 0.2) is 0 Å². The lowest BCUT2D eigenvalue weighted by atomic mass is 10.00. The summed E-state index contributed by atoms with van der Waals surface area (Å²) in [5.74, 6) is 0.272. The third-order valence-corrected chi connectivity index (χ3v) is 5.59. The molecule has 3 rings (SSSR count). The molecule has 0 bridgehead atoms. The Labute approximate surface area is 114 Å². The lowest BCUT2D eigenvalue weighted by molar-refractivity contribution is 0.508. The number of hydrogen-bond donors (Lipinski definition) is 0. The number of sulfonamides is 1. The minimum atomic E-state index is -3.39. The van der Waals surface area contributed by atoms with Crippen LogP contribution in [-0.4, -0.2) is 19.3 Å². The summed E-state index contributed by atoms with van der Waals surface area (Å²) in [4.78, 5) is 0.384. The zero-order valence-corrected chi connectivity index (χ0v) is 11.7. The summed E-state index contributed by atoms with van der Waals surface area (Å²) in [6.07, 6.45) is 7.97. The number of benzene rings is 1. The van der Waals surface area contributed by atoms with Gasteiger partial charge in [0.2, 0.25) is 0 Å². The molecule has 1 heterocycles. The molecule has 1 aromatic carbocycles. The number of nitrogens with zero attached hydrogens (tertiary/aromatic N) is 1. The van der Waals surface area contributed by atoms with Crippen LogP contribution < -0.4 is 0 Å². The van der Waals surface area contributed by atoms with Crippen LogP contribution in [0, 0.1) is 12.8 Å². The first-order valence-corrected chi connectivity index (χ1v) is 7.99. The van der Waals surface area contributed by atoms with Crippen LogP contribution in [0.25, 0.3) is 0 Å². The Morgan fingerprint density at radius 3 is 2.68 bits per heavy atom. The molecule has 0 aromatic heterocycles. The first kappa shape index (κ1) is 12.5. The van der Waals surface area contributed by atoms with Gasteiger partial charge in [-0.15, -0.1) is 0 Å². The van der Waals surface area contributed by atoms with E-state index in [1.54, 1.807) is 16.4 Å². The van der Waals surface area contributed by atoms with Crippen LogP contribution in [0.5, 0.6) is 0 Å². The summed E-state index contributed by atoms with van der Waals surface area (Å²) in [7, 11) is -3.39. The van der Waals surface area contributed by atoms with Gasteiger partial charge in [0, 0.05) is 18.2 Å². The monoisotopic (exact) mass is 275 g/mol. The van der Waals surface area contributed by atoms with Crippen molar-refractivity contribution >= 4 is 10.0 Å². The second-order valence-corrected chi connectivity index (χ2v) is 6.94. The van der Waals surface area contributed by atoms with Crippen LogP contribution in [0.4, 0.5) is 0 Å². The van der Waals surface area contributed by atoms with Crippen LogP contribution >= 0.6 is 0 Å². The van der Waals surface area contributed by atoms with E-state index in [1.165, 1.54) is 0 Å². The minimum absolute atomic E-state index is 0.272. The molecular weight excluding hydrogens is 258 g/mol. The van der Waals surface area contributed by atoms with E-state index in [0.29, 0.717) is 11.4 Å². The first-order chi connectivity index (χ1) is 9.09. The van der Waals surface area contributed by atoms with E-state index in [9.17, 15) is 8.42 Å². The number of hydrogen-bond acceptors (Lipinski definition) is 2. The highest BCUT2D eigenvalue weighted by molar-refractivity contribution is 7.89. The molecule has 1 fully saturated rings. The average molecular weight is 275 g/mol. The molecular formula is C15H17NO2S. The lowest BCUT2D eigenvalue weighted by Gasteiger charge is -2.23. The highest BCUT2D eigenvalue weighted by Crippen LogP contribution is 2.36. The van der Waals surface area contributed by atoms with Crippen LogP contribution in [0.15, 0.2) is 53.1 Å². The molecule has 1 aliphatic heterocycles. The summed E-state index contributed by atoms with van der Waals surface area (Å²) >= 11 is 0. The molecule has 100 valence electrons. The van der Waals surface area contributed by atoms with Gasteiger partial charge in [0.25, 0.3) is 10.0 Å². The Hall–Kier alpha value is -1.55. The number of aryl methyl sites for hydroxylation is 1. The summed E-state index contributed by atoms with van der Waals surface area (Å²) in [6.45, 7) is 2.54. The normalized spacial score (nSPS) is 22.3. The fourth-order valence-electron chi connectivity index (χ4n) is 2.69. The molecule has 0 spiro atoms. The van der Waals surface area contributed by atoms with E-state index in [0.717, 1.165) is 24.1 Å². The van der Waals surface area contributed by atoms with Crippen molar-refractivity contribution < 1.29 is 8.42 Å². The Morgan fingerprint density at radius 2 is 1.95 bits per heavy atom. The van der Waals surface area contributed by atoms with Gasteiger partial charge in [0.05, 0.1) is 4.90 Å². The largest absolute Gasteiger partial charge is 0.270 e. The van der Waals surface area contributed by atoms with Gasteiger partial charge < -0.3 is 0 Å². The molecule has 0 amide bonds. The Morgan fingerprint density at radius 1 is 1.21 bits per heavy atom. The third-order valence-electron chi connectivity index (χ3n) is 3.75. The molecule has 0 N–H and O–H groups in total. The highest BCUT2D eigenvalue weighted by atomic mass is 32.2. The van der Waals surface area contributed by atoms with Crippen molar-refractivity contribution in [3.63, 3.8) is 0 Å². The Bertz CT molecular complexity index is 641. The van der Waals surface area contributed by atoms with Crippen molar-refractivity contribution in [2.45, 2.75) is 24.7 Å². The van der Waals surface area contributed by atoms with Crippen molar-refractivity contribution in [3.8, 4) is 0 Å². The predicted molar refractivity (Wildman–Crippen MR) is 75.0 cm³/mol. The molecule has 3 nitrogen and oxygen atoms in total. The number of fused-ring (bicyclic) bond motifs is 1. The smallest absolute Gasteiger partial charge is 0.264 e. The fraction of sp³-hybridized carbons (Fsp3) is 0.333. The maximum absolute atomic E-state index is 12.7. The first-order valence-electron chi connectivity index (χ1n) is 6.55. The summed E-state index contributed by atoms with van der Waals surface area (Å²) in [5.41, 5.74) is 2.01. The topological polar surface area (TPSA) is 37.4 Å². The Balaban J connectivity index is 1.97. The van der Waals surface area contributed by atoms with Gasteiger partial charge in [0.1, 0.15) is 0 Å². The average Bonchev–Trinajstić information content (AvgIpc) is 2.83. The van der Waals surface area contributed by atoms with E-state index >= 15 is 0 Å². The molecule has 1 atom stereocenters. The van der Waals surface area contributed by atoms with Crippen molar-refractivity contribution in [1.82, 2.24) is 4.31 Å². The van der Waals surface area contributed by atoms with E-state index in [4.69, 9.17) is 0 Å². The highest BCUT2D eigenvalue weighted by Gasteiger charge is 2.35. The van der Waals surface area contributed by atoms with Crippen molar-refractivity contribution in [2.75, 3.05) is 6.54 Å². The third kappa shape index (κ3) is 2.10. The molecule has 19 heavy (non-hydrogen) atoms. The predicted octanol–water partition coefficient (Wildman–Crippen LogP) is 2.85. The van der Waals surface area contributed by atoms with Crippen LogP contribution in [0.3, 0.4) is 0 Å². The quantitative estimate of drug-likeness (QED) is 0.778. The van der Waals surface area contributed by atoms with Crippen LogP contribution in [0.1, 0.15) is 18.4 Å². The van der Waals surface area contributed by atoms with Gasteiger partial charge in [-0.1, -0.05) is 35.9 Å². The van der Waals surface area contributed by atoms with E-state index in [1.807, 2.05) is 25.1 Å².